The van der Waals surface area contributed by atoms with Crippen LogP contribution >= 0.6 is 11.6 Å². The second-order valence-corrected chi connectivity index (χ2v) is 7.86. The van der Waals surface area contributed by atoms with Crippen molar-refractivity contribution in [1.82, 2.24) is 15.1 Å². The molecule has 0 aromatic heterocycles. The van der Waals surface area contributed by atoms with Crippen LogP contribution in [-0.2, 0) is 4.79 Å². The third-order valence-electron chi connectivity index (χ3n) is 5.69. The van der Waals surface area contributed by atoms with E-state index in [4.69, 9.17) is 11.6 Å². The zero-order chi connectivity index (χ0) is 17.6. The maximum Gasteiger partial charge on any atom is 0.223 e. The van der Waals surface area contributed by atoms with Crippen LogP contribution in [0.2, 0.25) is 5.02 Å². The average molecular weight is 364 g/mol. The second-order valence-electron chi connectivity index (χ2n) is 7.46. The van der Waals surface area contributed by atoms with Crippen molar-refractivity contribution in [2.24, 2.45) is 5.92 Å². The molecule has 1 amide bonds. The van der Waals surface area contributed by atoms with Gasteiger partial charge in [-0.05, 0) is 31.5 Å². The highest BCUT2D eigenvalue weighted by Gasteiger charge is 2.27. The molecule has 1 aromatic carbocycles. The van der Waals surface area contributed by atoms with Gasteiger partial charge in [0.2, 0.25) is 5.91 Å². The number of nitrogens with zero attached hydrogens (tertiary/aromatic N) is 2. The number of carbonyl (C=O) groups excluding carboxylic acids is 1. The highest BCUT2D eigenvalue weighted by atomic mass is 35.5. The molecule has 1 saturated heterocycles. The average Bonchev–Trinajstić information content (AvgIpc) is 2.65. The molecule has 1 heterocycles. The molecule has 138 valence electrons. The Kier molecular flexibility index (Phi) is 6.74. The highest BCUT2D eigenvalue weighted by Crippen LogP contribution is 2.29. The molecule has 1 N–H and O–H groups in total. The van der Waals surface area contributed by atoms with Gasteiger partial charge in [0.25, 0.3) is 0 Å². The largest absolute Gasteiger partial charge is 0.354 e. The predicted molar refractivity (Wildman–Crippen MR) is 103 cm³/mol. The molecule has 0 radical (unpaired) electrons. The number of halogens is 1. The Morgan fingerprint density at radius 3 is 2.52 bits per heavy atom. The van der Waals surface area contributed by atoms with Gasteiger partial charge in [-0.15, -0.1) is 0 Å². The van der Waals surface area contributed by atoms with E-state index < -0.39 is 0 Å². The van der Waals surface area contributed by atoms with Crippen LogP contribution in [0.4, 0.5) is 0 Å². The minimum Gasteiger partial charge on any atom is -0.354 e. The summed E-state index contributed by atoms with van der Waals surface area (Å²) in [6.07, 6.45) is 5.72. The molecular formula is C20H30ClN3O. The summed E-state index contributed by atoms with van der Waals surface area (Å²) in [4.78, 5) is 17.4. The molecule has 25 heavy (non-hydrogen) atoms. The van der Waals surface area contributed by atoms with Crippen LogP contribution in [0.25, 0.3) is 0 Å². The highest BCUT2D eigenvalue weighted by molar-refractivity contribution is 6.31. The molecule has 1 unspecified atom stereocenters. The van der Waals surface area contributed by atoms with Crippen LogP contribution in [0, 0.1) is 5.92 Å². The molecule has 1 saturated carbocycles. The molecule has 4 nitrogen and oxygen atoms in total. The molecular weight excluding hydrogens is 334 g/mol. The zero-order valence-corrected chi connectivity index (χ0v) is 16.0. The van der Waals surface area contributed by atoms with Gasteiger partial charge in [0.1, 0.15) is 0 Å². The van der Waals surface area contributed by atoms with Crippen LogP contribution in [0.1, 0.15) is 43.7 Å². The van der Waals surface area contributed by atoms with Gasteiger partial charge in [-0.2, -0.15) is 0 Å². The maximum atomic E-state index is 12.6. The minimum atomic E-state index is 0.148. The van der Waals surface area contributed by atoms with Crippen molar-refractivity contribution in [2.75, 3.05) is 39.8 Å². The Labute approximate surface area is 156 Å². The molecule has 1 aromatic rings. The lowest BCUT2D eigenvalue weighted by Gasteiger charge is -2.38. The van der Waals surface area contributed by atoms with Gasteiger partial charge in [-0.3, -0.25) is 9.69 Å². The van der Waals surface area contributed by atoms with Crippen molar-refractivity contribution >= 4 is 17.5 Å². The number of likely N-dealkylation sites (N-methyl/N-ethyl adjacent to an activating group) is 1. The summed E-state index contributed by atoms with van der Waals surface area (Å²) < 4.78 is 0. The minimum absolute atomic E-state index is 0.148. The third kappa shape index (κ3) is 4.96. The van der Waals surface area contributed by atoms with Crippen molar-refractivity contribution in [1.29, 1.82) is 0 Å². The Morgan fingerprint density at radius 1 is 1.16 bits per heavy atom. The smallest absolute Gasteiger partial charge is 0.223 e. The third-order valence-corrected chi connectivity index (χ3v) is 6.03. The number of hydrogen-bond acceptors (Lipinski definition) is 3. The molecule has 2 fully saturated rings. The van der Waals surface area contributed by atoms with Crippen LogP contribution in [0.5, 0.6) is 0 Å². The predicted octanol–water partition coefficient (Wildman–Crippen LogP) is 3.33. The van der Waals surface area contributed by atoms with Crippen molar-refractivity contribution < 1.29 is 4.79 Å². The summed E-state index contributed by atoms with van der Waals surface area (Å²) in [5.41, 5.74) is 1.12. The number of carbonyl (C=O) groups is 1. The topological polar surface area (TPSA) is 35.6 Å². The zero-order valence-electron chi connectivity index (χ0n) is 15.2. The summed E-state index contributed by atoms with van der Waals surface area (Å²) in [7, 11) is 2.16. The normalized spacial score (nSPS) is 21.8. The lowest BCUT2D eigenvalue weighted by molar-refractivity contribution is -0.126. The van der Waals surface area contributed by atoms with E-state index in [-0.39, 0.29) is 17.9 Å². The van der Waals surface area contributed by atoms with E-state index in [2.05, 4.69) is 28.2 Å². The van der Waals surface area contributed by atoms with Crippen LogP contribution < -0.4 is 5.32 Å². The first-order valence-electron chi connectivity index (χ1n) is 9.60. The molecule has 0 bridgehead atoms. The van der Waals surface area contributed by atoms with Crippen molar-refractivity contribution in [2.45, 2.75) is 38.1 Å². The fourth-order valence-electron chi connectivity index (χ4n) is 4.02. The van der Waals surface area contributed by atoms with Gasteiger partial charge in [0, 0.05) is 43.7 Å². The lowest BCUT2D eigenvalue weighted by atomic mass is 9.88. The molecule has 1 atom stereocenters. The number of benzene rings is 1. The summed E-state index contributed by atoms with van der Waals surface area (Å²) in [5.74, 6) is 0.430. The molecule has 1 aliphatic heterocycles. The van der Waals surface area contributed by atoms with Gasteiger partial charge < -0.3 is 10.2 Å². The Hall–Kier alpha value is -1.10. The van der Waals surface area contributed by atoms with Crippen LogP contribution in [0.15, 0.2) is 24.3 Å². The first-order chi connectivity index (χ1) is 12.1. The first kappa shape index (κ1) is 18.7. The number of rotatable bonds is 5. The van der Waals surface area contributed by atoms with Crippen molar-refractivity contribution in [3.63, 3.8) is 0 Å². The van der Waals surface area contributed by atoms with E-state index in [1.807, 2.05) is 18.2 Å². The van der Waals surface area contributed by atoms with E-state index in [1.54, 1.807) is 0 Å². The standard InChI is InChI=1S/C20H30ClN3O/c1-23-11-13-24(14-12-23)19(17-9-5-6-10-18(17)21)15-22-20(25)16-7-3-2-4-8-16/h5-6,9-10,16,19H,2-4,7-8,11-15H2,1H3,(H,22,25). The molecule has 1 aliphatic carbocycles. The summed E-state index contributed by atoms with van der Waals surface area (Å²) in [6, 6.07) is 8.19. The monoisotopic (exact) mass is 363 g/mol. The lowest BCUT2D eigenvalue weighted by Crippen LogP contribution is -2.49. The molecule has 3 rings (SSSR count). The Morgan fingerprint density at radius 2 is 1.84 bits per heavy atom. The molecule has 0 spiro atoms. The Bertz CT molecular complexity index is 566. The summed E-state index contributed by atoms with van der Waals surface area (Å²) in [6.45, 7) is 4.76. The quantitative estimate of drug-likeness (QED) is 0.871. The van der Waals surface area contributed by atoms with E-state index in [9.17, 15) is 4.79 Å². The first-order valence-corrected chi connectivity index (χ1v) is 9.97. The van der Waals surface area contributed by atoms with Gasteiger partial charge in [-0.1, -0.05) is 49.1 Å². The van der Waals surface area contributed by atoms with Crippen molar-refractivity contribution in [3.05, 3.63) is 34.9 Å². The van der Waals surface area contributed by atoms with E-state index >= 15 is 0 Å². The van der Waals surface area contributed by atoms with Gasteiger partial charge in [-0.25, -0.2) is 0 Å². The number of piperazine rings is 1. The summed E-state index contributed by atoms with van der Waals surface area (Å²) in [5, 5.41) is 4.02. The van der Waals surface area contributed by atoms with E-state index in [1.165, 1.54) is 19.3 Å². The molecule has 2 aliphatic rings. The summed E-state index contributed by atoms with van der Waals surface area (Å²) >= 11 is 6.48. The van der Waals surface area contributed by atoms with Crippen molar-refractivity contribution in [3.8, 4) is 0 Å². The Balaban J connectivity index is 1.68. The maximum absolute atomic E-state index is 12.6. The molecule has 5 heteroatoms. The number of amides is 1. The van der Waals surface area contributed by atoms with Crippen LogP contribution in [0.3, 0.4) is 0 Å². The fourth-order valence-corrected chi connectivity index (χ4v) is 4.28. The van der Waals surface area contributed by atoms with E-state index in [0.29, 0.717) is 6.54 Å². The SMILES string of the molecule is CN1CCN(C(CNC(=O)C2CCCCC2)c2ccccc2Cl)CC1. The van der Waals surface area contributed by atoms with Gasteiger partial charge >= 0.3 is 0 Å². The fraction of sp³-hybridized carbons (Fsp3) is 0.650. The second kappa shape index (κ2) is 9.02. The van der Waals surface area contributed by atoms with Gasteiger partial charge in [0.15, 0.2) is 0 Å². The van der Waals surface area contributed by atoms with E-state index in [0.717, 1.165) is 49.6 Å². The van der Waals surface area contributed by atoms with Crippen LogP contribution in [-0.4, -0.2) is 55.5 Å². The number of hydrogen-bond donors (Lipinski definition) is 1. The number of nitrogens with one attached hydrogen (secondary N) is 1. The van der Waals surface area contributed by atoms with Gasteiger partial charge in [0.05, 0.1) is 6.04 Å².